The normalized spacial score (nSPS) is 13.8. The largest absolute Gasteiger partial charge is 0.490 e. The van der Waals surface area contributed by atoms with Crippen LogP contribution in [0.2, 0.25) is 5.02 Å². The third-order valence-corrected chi connectivity index (χ3v) is 7.35. The molecule has 0 N–H and O–H groups in total. The van der Waals surface area contributed by atoms with Gasteiger partial charge in [-0.05, 0) is 48.2 Å². The molecule has 5 heteroatoms. The Kier molecular flexibility index (Phi) is 8.95. The molecule has 0 spiro atoms. The van der Waals surface area contributed by atoms with E-state index in [-0.39, 0.29) is 0 Å². The van der Waals surface area contributed by atoms with Gasteiger partial charge in [0.15, 0.2) is 0 Å². The molecule has 2 aliphatic rings. The van der Waals surface area contributed by atoms with Crippen LogP contribution >= 0.6 is 11.6 Å². The van der Waals surface area contributed by atoms with Crippen molar-refractivity contribution in [3.63, 3.8) is 0 Å². The number of para-hydroxylation sites is 2. The lowest BCUT2D eigenvalue weighted by atomic mass is 10.0. The molecule has 2 heterocycles. The van der Waals surface area contributed by atoms with Crippen molar-refractivity contribution < 1.29 is 9.47 Å². The van der Waals surface area contributed by atoms with E-state index >= 15 is 0 Å². The van der Waals surface area contributed by atoms with E-state index in [2.05, 4.69) is 103 Å². The number of rotatable bonds is 6. The monoisotopic (exact) mass is 540 g/mol. The third-order valence-electron chi connectivity index (χ3n) is 7.10. The van der Waals surface area contributed by atoms with Crippen molar-refractivity contribution in [2.45, 2.75) is 26.7 Å². The van der Waals surface area contributed by atoms with Crippen LogP contribution in [0.1, 0.15) is 26.7 Å². The number of anilines is 2. The highest BCUT2D eigenvalue weighted by atomic mass is 35.5. The van der Waals surface area contributed by atoms with Crippen LogP contribution in [-0.4, -0.2) is 39.4 Å². The second kappa shape index (κ2) is 12.9. The maximum Gasteiger partial charge on any atom is 0.143 e. The molecular formula is C34H37ClN2O2. The molecule has 0 aromatic heterocycles. The number of hydrogen-bond acceptors (Lipinski definition) is 4. The zero-order valence-electron chi connectivity index (χ0n) is 22.9. The maximum atomic E-state index is 5.99. The standard InChI is InChI=1S/C17H18ClNO.C17H19NO/c1-2-10-19-11-12-20-16-5-3-4-15(17(16)19)13-6-8-14(18)9-7-13;1-2-11-18-12-13-19-16-10-6-9-15(17(16)18)14-7-4-3-5-8-14/h3-9H,2,10-12H2,1H3;3-10H,2,11-13H2,1H3. The predicted molar refractivity (Wildman–Crippen MR) is 165 cm³/mol. The summed E-state index contributed by atoms with van der Waals surface area (Å²) in [4.78, 5) is 4.87. The van der Waals surface area contributed by atoms with Crippen LogP contribution in [0.3, 0.4) is 0 Å². The lowest BCUT2D eigenvalue weighted by Gasteiger charge is -2.33. The molecule has 202 valence electrons. The SMILES string of the molecule is CCCN1CCOc2cccc(-c3ccc(Cl)cc3)c21.CCCN1CCOc2cccc(-c3ccccc3)c21. The highest BCUT2D eigenvalue weighted by molar-refractivity contribution is 6.30. The van der Waals surface area contributed by atoms with Crippen LogP contribution < -0.4 is 19.3 Å². The van der Waals surface area contributed by atoms with Gasteiger partial charge in [0.1, 0.15) is 24.7 Å². The number of nitrogens with zero attached hydrogens (tertiary/aromatic N) is 2. The quantitative estimate of drug-likeness (QED) is 0.244. The van der Waals surface area contributed by atoms with Crippen molar-refractivity contribution in [1.29, 1.82) is 0 Å². The van der Waals surface area contributed by atoms with Crippen molar-refractivity contribution in [3.8, 4) is 33.8 Å². The summed E-state index contributed by atoms with van der Waals surface area (Å²) in [6, 6.07) is 31.1. The molecule has 2 aliphatic heterocycles. The van der Waals surface area contributed by atoms with E-state index in [1.807, 2.05) is 12.1 Å². The van der Waals surface area contributed by atoms with E-state index < -0.39 is 0 Å². The molecule has 39 heavy (non-hydrogen) atoms. The minimum atomic E-state index is 0.761. The molecule has 0 aliphatic carbocycles. The summed E-state index contributed by atoms with van der Waals surface area (Å²) in [5, 5.41) is 0.764. The van der Waals surface area contributed by atoms with E-state index in [9.17, 15) is 0 Å². The molecule has 4 aromatic rings. The second-order valence-corrected chi connectivity index (χ2v) is 10.3. The van der Waals surface area contributed by atoms with Gasteiger partial charge in [-0.3, -0.25) is 0 Å². The van der Waals surface area contributed by atoms with Gasteiger partial charge in [0.25, 0.3) is 0 Å². The average molecular weight is 541 g/mol. The van der Waals surface area contributed by atoms with E-state index in [4.69, 9.17) is 21.1 Å². The van der Waals surface area contributed by atoms with E-state index in [1.165, 1.54) is 33.6 Å². The summed E-state index contributed by atoms with van der Waals surface area (Å²) in [6.07, 6.45) is 2.29. The minimum absolute atomic E-state index is 0.761. The highest BCUT2D eigenvalue weighted by Gasteiger charge is 2.22. The highest BCUT2D eigenvalue weighted by Crippen LogP contribution is 2.42. The zero-order chi connectivity index (χ0) is 27.0. The Bertz CT molecular complexity index is 1360. The van der Waals surface area contributed by atoms with Crippen molar-refractivity contribution in [1.82, 2.24) is 0 Å². The Morgan fingerprint density at radius 2 is 1.08 bits per heavy atom. The van der Waals surface area contributed by atoms with Gasteiger partial charge < -0.3 is 19.3 Å². The Hall–Kier alpha value is -3.63. The van der Waals surface area contributed by atoms with Crippen LogP contribution in [0.25, 0.3) is 22.3 Å². The molecule has 0 unspecified atom stereocenters. The third kappa shape index (κ3) is 6.17. The van der Waals surface area contributed by atoms with Crippen LogP contribution in [-0.2, 0) is 0 Å². The molecule has 4 nitrogen and oxygen atoms in total. The minimum Gasteiger partial charge on any atom is -0.490 e. The summed E-state index contributed by atoms with van der Waals surface area (Å²) >= 11 is 5.99. The number of halogens is 1. The molecule has 0 saturated carbocycles. The molecule has 0 atom stereocenters. The van der Waals surface area contributed by atoms with Gasteiger partial charge in [0.05, 0.1) is 24.5 Å². The van der Waals surface area contributed by atoms with E-state index in [0.717, 1.165) is 68.8 Å². The fraction of sp³-hybridized carbons (Fsp3) is 0.294. The molecule has 0 amide bonds. The zero-order valence-corrected chi connectivity index (χ0v) is 23.7. The Labute approximate surface area is 237 Å². The van der Waals surface area contributed by atoms with Gasteiger partial charge in [0, 0.05) is 29.2 Å². The first-order chi connectivity index (χ1) is 19.2. The molecule has 0 bridgehead atoms. The van der Waals surface area contributed by atoms with E-state index in [1.54, 1.807) is 0 Å². The van der Waals surface area contributed by atoms with Gasteiger partial charge in [-0.1, -0.05) is 92.2 Å². The van der Waals surface area contributed by atoms with Crippen LogP contribution in [0, 0.1) is 0 Å². The van der Waals surface area contributed by atoms with E-state index in [0.29, 0.717) is 0 Å². The number of ether oxygens (including phenoxy) is 2. The summed E-state index contributed by atoms with van der Waals surface area (Å²) in [5.41, 5.74) is 7.38. The first-order valence-electron chi connectivity index (χ1n) is 14.0. The lowest BCUT2D eigenvalue weighted by Crippen LogP contribution is -2.33. The van der Waals surface area contributed by atoms with Crippen molar-refractivity contribution in [2.24, 2.45) is 0 Å². The lowest BCUT2D eigenvalue weighted by molar-refractivity contribution is 0.307. The molecule has 4 aromatic carbocycles. The summed E-state index contributed by atoms with van der Waals surface area (Å²) in [7, 11) is 0. The average Bonchev–Trinajstić information content (AvgIpc) is 2.98. The maximum absolute atomic E-state index is 5.99. The first kappa shape index (κ1) is 27.0. The molecule has 6 rings (SSSR count). The number of fused-ring (bicyclic) bond motifs is 2. The van der Waals surface area contributed by atoms with Crippen molar-refractivity contribution >= 4 is 23.0 Å². The number of hydrogen-bond donors (Lipinski definition) is 0. The first-order valence-corrected chi connectivity index (χ1v) is 14.4. The van der Waals surface area contributed by atoms with Gasteiger partial charge in [-0.25, -0.2) is 0 Å². The van der Waals surface area contributed by atoms with Gasteiger partial charge in [0.2, 0.25) is 0 Å². The Morgan fingerprint density at radius 3 is 1.56 bits per heavy atom. The van der Waals surface area contributed by atoms with Gasteiger partial charge in [-0.2, -0.15) is 0 Å². The fourth-order valence-corrected chi connectivity index (χ4v) is 5.51. The summed E-state index contributed by atoms with van der Waals surface area (Å²) < 4.78 is 11.6. The molecule has 0 radical (unpaired) electrons. The number of benzene rings is 4. The second-order valence-electron chi connectivity index (χ2n) is 9.85. The Morgan fingerprint density at radius 1 is 0.590 bits per heavy atom. The molecular weight excluding hydrogens is 504 g/mol. The Balaban J connectivity index is 0.000000158. The van der Waals surface area contributed by atoms with Crippen LogP contribution in [0.15, 0.2) is 91.0 Å². The van der Waals surface area contributed by atoms with Gasteiger partial charge >= 0.3 is 0 Å². The molecule has 0 saturated heterocycles. The predicted octanol–water partition coefficient (Wildman–Crippen LogP) is 8.58. The topological polar surface area (TPSA) is 24.9 Å². The smallest absolute Gasteiger partial charge is 0.143 e. The van der Waals surface area contributed by atoms with Gasteiger partial charge in [-0.15, -0.1) is 0 Å². The molecule has 0 fully saturated rings. The fourth-order valence-electron chi connectivity index (χ4n) is 5.39. The van der Waals surface area contributed by atoms with Crippen LogP contribution in [0.5, 0.6) is 11.5 Å². The van der Waals surface area contributed by atoms with Crippen molar-refractivity contribution in [3.05, 3.63) is 96.0 Å². The van der Waals surface area contributed by atoms with Crippen LogP contribution in [0.4, 0.5) is 11.4 Å². The summed E-state index contributed by atoms with van der Waals surface area (Å²) in [6.45, 7) is 10.0. The van der Waals surface area contributed by atoms with Crippen molar-refractivity contribution in [2.75, 3.05) is 49.2 Å². The summed E-state index contributed by atoms with van der Waals surface area (Å²) in [5.74, 6) is 2.00.